The van der Waals surface area contributed by atoms with Crippen molar-refractivity contribution in [2.24, 2.45) is 0 Å². The Morgan fingerprint density at radius 3 is 2.76 bits per heavy atom. The summed E-state index contributed by atoms with van der Waals surface area (Å²) in [5, 5.41) is 24.4. The number of halogens is 1. The molecule has 6 nitrogen and oxygen atoms in total. The monoisotopic (exact) mass is 305 g/mol. The molecule has 0 aliphatic heterocycles. The molecule has 1 rings (SSSR count). The molecule has 0 aromatic carbocycles. The van der Waals surface area contributed by atoms with Crippen molar-refractivity contribution in [3.05, 3.63) is 21.0 Å². The Kier molecular flexibility index (Phi) is 6.17. The van der Waals surface area contributed by atoms with E-state index >= 15 is 0 Å². The third-order valence-corrected chi connectivity index (χ3v) is 2.96. The number of aliphatic hydroxyl groups is 2. The van der Waals surface area contributed by atoms with Crippen LogP contribution >= 0.6 is 15.9 Å². The molecule has 0 amide bonds. The number of aliphatic hydroxyl groups excluding tert-OH is 2. The summed E-state index contributed by atoms with van der Waals surface area (Å²) in [6, 6.07) is 0. The zero-order valence-electron chi connectivity index (χ0n) is 9.40. The molecule has 0 bridgehead atoms. The van der Waals surface area contributed by atoms with Crippen molar-refractivity contribution >= 4 is 21.6 Å². The number of nitrogens with one attached hydrogen (secondary N) is 1. The number of anilines is 1. The SMILES string of the molecule is O=c1c(Br)c(NCCCCO)cnn1CCO. The maximum atomic E-state index is 11.7. The van der Waals surface area contributed by atoms with Crippen LogP contribution in [0.1, 0.15) is 12.8 Å². The first-order valence-electron chi connectivity index (χ1n) is 5.42. The van der Waals surface area contributed by atoms with Crippen LogP contribution in [-0.4, -0.2) is 39.8 Å². The molecule has 0 saturated carbocycles. The van der Waals surface area contributed by atoms with Gasteiger partial charge in [-0.1, -0.05) is 0 Å². The Hall–Kier alpha value is -0.920. The first-order valence-corrected chi connectivity index (χ1v) is 6.21. The summed E-state index contributed by atoms with van der Waals surface area (Å²) in [4.78, 5) is 11.7. The van der Waals surface area contributed by atoms with E-state index in [1.807, 2.05) is 0 Å². The highest BCUT2D eigenvalue weighted by Gasteiger charge is 2.07. The van der Waals surface area contributed by atoms with Crippen LogP contribution in [0.25, 0.3) is 0 Å². The average molecular weight is 306 g/mol. The van der Waals surface area contributed by atoms with Gasteiger partial charge in [-0.25, -0.2) is 4.68 Å². The molecule has 0 radical (unpaired) electrons. The first-order chi connectivity index (χ1) is 8.20. The molecule has 7 heteroatoms. The molecule has 1 aromatic rings. The van der Waals surface area contributed by atoms with Gasteiger partial charge in [-0.05, 0) is 28.8 Å². The molecule has 1 heterocycles. The van der Waals surface area contributed by atoms with E-state index in [1.165, 1.54) is 4.68 Å². The molecular weight excluding hydrogens is 290 g/mol. The van der Waals surface area contributed by atoms with E-state index in [-0.39, 0.29) is 25.3 Å². The molecule has 0 saturated heterocycles. The molecule has 0 fully saturated rings. The average Bonchev–Trinajstić information content (AvgIpc) is 2.33. The highest BCUT2D eigenvalue weighted by atomic mass is 79.9. The van der Waals surface area contributed by atoms with Crippen molar-refractivity contribution in [2.75, 3.05) is 25.1 Å². The molecule has 0 aliphatic rings. The van der Waals surface area contributed by atoms with E-state index < -0.39 is 0 Å². The summed E-state index contributed by atoms with van der Waals surface area (Å²) in [7, 11) is 0. The minimum absolute atomic E-state index is 0.122. The number of aromatic nitrogens is 2. The molecular formula is C10H16BrN3O3. The Labute approximate surface area is 107 Å². The van der Waals surface area contributed by atoms with Gasteiger partial charge < -0.3 is 15.5 Å². The van der Waals surface area contributed by atoms with Gasteiger partial charge in [-0.2, -0.15) is 5.10 Å². The molecule has 3 N–H and O–H groups in total. The first kappa shape index (κ1) is 14.1. The fourth-order valence-electron chi connectivity index (χ4n) is 1.30. The third kappa shape index (κ3) is 4.10. The van der Waals surface area contributed by atoms with Crippen LogP contribution in [0.2, 0.25) is 0 Å². The number of unbranched alkanes of at least 4 members (excludes halogenated alkanes) is 1. The van der Waals surface area contributed by atoms with Crippen LogP contribution in [0.3, 0.4) is 0 Å². The smallest absolute Gasteiger partial charge is 0.283 e. The zero-order valence-corrected chi connectivity index (χ0v) is 11.0. The van der Waals surface area contributed by atoms with Crippen molar-refractivity contribution in [2.45, 2.75) is 19.4 Å². The molecule has 0 aliphatic carbocycles. The van der Waals surface area contributed by atoms with E-state index in [4.69, 9.17) is 10.2 Å². The van der Waals surface area contributed by atoms with Crippen LogP contribution in [0.5, 0.6) is 0 Å². The summed E-state index contributed by atoms with van der Waals surface area (Å²) < 4.78 is 1.60. The fraction of sp³-hybridized carbons (Fsp3) is 0.600. The summed E-state index contributed by atoms with van der Waals surface area (Å²) >= 11 is 3.20. The van der Waals surface area contributed by atoms with E-state index in [1.54, 1.807) is 6.20 Å². The highest BCUT2D eigenvalue weighted by Crippen LogP contribution is 2.15. The number of rotatable bonds is 7. The number of hydrogen-bond acceptors (Lipinski definition) is 5. The third-order valence-electron chi connectivity index (χ3n) is 2.20. The van der Waals surface area contributed by atoms with Gasteiger partial charge in [-0.3, -0.25) is 4.79 Å². The zero-order chi connectivity index (χ0) is 12.7. The fourth-order valence-corrected chi connectivity index (χ4v) is 1.75. The Balaban J connectivity index is 2.68. The van der Waals surface area contributed by atoms with E-state index in [0.717, 1.165) is 12.8 Å². The van der Waals surface area contributed by atoms with Crippen molar-refractivity contribution in [1.82, 2.24) is 9.78 Å². The second kappa shape index (κ2) is 7.41. The number of hydrogen-bond donors (Lipinski definition) is 3. The van der Waals surface area contributed by atoms with Crippen molar-refractivity contribution in [3.8, 4) is 0 Å². The predicted octanol–water partition coefficient (Wildman–Crippen LogP) is 0.182. The maximum absolute atomic E-state index is 11.7. The van der Waals surface area contributed by atoms with Gasteiger partial charge in [0.05, 0.1) is 25.0 Å². The summed E-state index contributed by atoms with van der Waals surface area (Å²) in [6.45, 7) is 0.897. The Bertz CT molecular complexity index is 408. The molecule has 0 spiro atoms. The minimum Gasteiger partial charge on any atom is -0.396 e. The number of nitrogens with zero attached hydrogens (tertiary/aromatic N) is 2. The largest absolute Gasteiger partial charge is 0.396 e. The predicted molar refractivity (Wildman–Crippen MR) is 68.1 cm³/mol. The van der Waals surface area contributed by atoms with Crippen LogP contribution in [0.4, 0.5) is 5.69 Å². The topological polar surface area (TPSA) is 87.4 Å². The Morgan fingerprint density at radius 1 is 1.35 bits per heavy atom. The van der Waals surface area contributed by atoms with Gasteiger partial charge >= 0.3 is 0 Å². The van der Waals surface area contributed by atoms with Crippen molar-refractivity contribution < 1.29 is 10.2 Å². The minimum atomic E-state index is -0.272. The van der Waals surface area contributed by atoms with E-state index in [0.29, 0.717) is 16.7 Å². The second-order valence-corrected chi connectivity index (χ2v) is 4.27. The van der Waals surface area contributed by atoms with E-state index in [2.05, 4.69) is 26.3 Å². The summed E-state index contributed by atoms with van der Waals surface area (Å²) in [5.74, 6) is 0. The van der Waals surface area contributed by atoms with Gasteiger partial charge in [0.15, 0.2) is 0 Å². The molecule has 0 atom stereocenters. The molecule has 1 aromatic heterocycles. The Morgan fingerprint density at radius 2 is 2.12 bits per heavy atom. The normalized spacial score (nSPS) is 10.5. The molecule has 17 heavy (non-hydrogen) atoms. The molecule has 96 valence electrons. The van der Waals surface area contributed by atoms with Gasteiger partial charge in [0.1, 0.15) is 4.47 Å². The van der Waals surface area contributed by atoms with Crippen LogP contribution in [-0.2, 0) is 6.54 Å². The lowest BCUT2D eigenvalue weighted by Crippen LogP contribution is -2.26. The van der Waals surface area contributed by atoms with Gasteiger partial charge in [0.2, 0.25) is 0 Å². The van der Waals surface area contributed by atoms with E-state index in [9.17, 15) is 4.79 Å². The lowest BCUT2D eigenvalue weighted by atomic mass is 10.3. The molecule has 0 unspecified atom stereocenters. The summed E-state index contributed by atoms with van der Waals surface area (Å²) in [6.07, 6.45) is 3.09. The van der Waals surface area contributed by atoms with Crippen molar-refractivity contribution in [1.29, 1.82) is 0 Å². The second-order valence-electron chi connectivity index (χ2n) is 3.48. The van der Waals surface area contributed by atoms with Crippen LogP contribution in [0.15, 0.2) is 15.5 Å². The standard InChI is InChI=1S/C10H16BrN3O3/c11-9-8(12-3-1-2-5-15)7-13-14(4-6-16)10(9)17/h7,12,15-16H,1-6H2. The van der Waals surface area contributed by atoms with Gasteiger partial charge in [-0.15, -0.1) is 0 Å². The lowest BCUT2D eigenvalue weighted by molar-refractivity contribution is 0.266. The van der Waals surface area contributed by atoms with Crippen molar-refractivity contribution in [3.63, 3.8) is 0 Å². The van der Waals surface area contributed by atoms with Gasteiger partial charge in [0.25, 0.3) is 5.56 Å². The van der Waals surface area contributed by atoms with Crippen LogP contribution < -0.4 is 10.9 Å². The lowest BCUT2D eigenvalue weighted by Gasteiger charge is -2.09. The maximum Gasteiger partial charge on any atom is 0.283 e. The summed E-state index contributed by atoms with van der Waals surface area (Å²) in [5.41, 5.74) is 0.355. The van der Waals surface area contributed by atoms with Gasteiger partial charge in [0, 0.05) is 13.2 Å². The highest BCUT2D eigenvalue weighted by molar-refractivity contribution is 9.10. The van der Waals surface area contributed by atoms with Crippen LogP contribution in [0, 0.1) is 0 Å². The quantitative estimate of drug-likeness (QED) is 0.626.